The number of alkyl halides is 4. The summed E-state index contributed by atoms with van der Waals surface area (Å²) in [5.74, 6) is -6.50. The van der Waals surface area contributed by atoms with Crippen molar-refractivity contribution in [2.45, 2.75) is 42.6 Å². The fourth-order valence-electron chi connectivity index (χ4n) is 4.12. The first kappa shape index (κ1) is 24.4. The number of rotatable bonds is 7. The zero-order chi connectivity index (χ0) is 25.8. The third kappa shape index (κ3) is 4.74. The second-order valence-corrected chi connectivity index (χ2v) is 10.8. The lowest BCUT2D eigenvalue weighted by Crippen LogP contribution is -2.18. The molecule has 1 unspecified atom stereocenters. The van der Waals surface area contributed by atoms with Crippen LogP contribution in [0.15, 0.2) is 29.2 Å². The second-order valence-electron chi connectivity index (χ2n) is 8.84. The number of ether oxygens (including phenoxy) is 1. The number of nitrogens with zero attached hydrogens (tertiary/aromatic N) is 2. The molecule has 1 aliphatic heterocycles. The van der Waals surface area contributed by atoms with Crippen LogP contribution in [0.1, 0.15) is 43.2 Å². The smallest absolute Gasteiger partial charge is 0.295 e. The Morgan fingerprint density at radius 1 is 1.22 bits per heavy atom. The van der Waals surface area contributed by atoms with E-state index < -0.39 is 46.3 Å². The normalized spacial score (nSPS) is 21.2. The molecule has 0 bridgehead atoms. The summed E-state index contributed by atoms with van der Waals surface area (Å²) < 4.78 is 84.0. The number of hydrogen-bond acceptors (Lipinski definition) is 7. The van der Waals surface area contributed by atoms with Crippen LogP contribution in [0.5, 0.6) is 0 Å². The zero-order valence-electron chi connectivity index (χ0n) is 18.8. The van der Waals surface area contributed by atoms with Gasteiger partial charge in [0.2, 0.25) is 5.91 Å². The molecule has 2 aromatic heterocycles. The lowest BCUT2D eigenvalue weighted by molar-refractivity contribution is -0.119. The van der Waals surface area contributed by atoms with Crippen molar-refractivity contribution in [3.63, 3.8) is 0 Å². The summed E-state index contributed by atoms with van der Waals surface area (Å²) in [4.78, 5) is 22.3. The highest BCUT2D eigenvalue weighted by molar-refractivity contribution is 7.90. The molecule has 3 aromatic rings. The summed E-state index contributed by atoms with van der Waals surface area (Å²) in [7, 11) is -3.74. The Balaban J connectivity index is 1.55. The van der Waals surface area contributed by atoms with Crippen molar-refractivity contribution in [3.05, 3.63) is 35.7 Å². The highest BCUT2D eigenvalue weighted by Gasteiger charge is 2.61. The molecule has 2 aliphatic rings. The number of carbonyl (C=O) groups is 1. The molecule has 2 fully saturated rings. The number of anilines is 3. The Kier molecular flexibility index (Phi) is 5.90. The van der Waals surface area contributed by atoms with Gasteiger partial charge in [0.1, 0.15) is 17.3 Å². The lowest BCUT2D eigenvalue weighted by Gasteiger charge is -2.16. The fraction of sp³-hybridized carbons (Fsp3) is 0.409. The molecule has 36 heavy (non-hydrogen) atoms. The number of pyridine rings is 1. The van der Waals surface area contributed by atoms with Gasteiger partial charge >= 0.3 is 0 Å². The number of nitrogens with one attached hydrogen (secondary N) is 3. The summed E-state index contributed by atoms with van der Waals surface area (Å²) in [6.07, 6.45) is -1.18. The topological polar surface area (TPSA) is 126 Å². The largest absolute Gasteiger partial charge is 0.374 e. The first-order valence-electron chi connectivity index (χ1n) is 11.0. The van der Waals surface area contributed by atoms with Gasteiger partial charge in [-0.2, -0.15) is 0 Å². The maximum absolute atomic E-state index is 13.3. The second kappa shape index (κ2) is 8.69. The lowest BCUT2D eigenvalue weighted by atomic mass is 10.1. The Morgan fingerprint density at radius 3 is 2.58 bits per heavy atom. The third-order valence-corrected chi connectivity index (χ3v) is 7.19. The molecule has 3 N–H and O–H groups in total. The van der Waals surface area contributed by atoms with E-state index in [4.69, 9.17) is 4.74 Å². The number of aromatic nitrogens is 3. The Hall–Kier alpha value is -3.26. The minimum Gasteiger partial charge on any atom is -0.374 e. The number of hydrogen-bond donors (Lipinski definition) is 3. The Morgan fingerprint density at radius 2 is 1.97 bits per heavy atom. The van der Waals surface area contributed by atoms with Gasteiger partial charge in [0.15, 0.2) is 21.3 Å². The minimum absolute atomic E-state index is 0.0164. The summed E-state index contributed by atoms with van der Waals surface area (Å²) in [5, 5.41) is 5.15. The highest BCUT2D eigenvalue weighted by Crippen LogP contribution is 2.49. The number of amides is 1. The number of imidazole rings is 1. The summed E-state index contributed by atoms with van der Waals surface area (Å²) in [6, 6.07) is 5.93. The zero-order valence-corrected chi connectivity index (χ0v) is 19.6. The van der Waals surface area contributed by atoms with E-state index in [0.717, 1.165) is 19.1 Å². The molecule has 9 nitrogen and oxygen atoms in total. The predicted molar refractivity (Wildman–Crippen MR) is 121 cm³/mol. The number of aromatic amines is 1. The molecule has 192 valence electrons. The van der Waals surface area contributed by atoms with Gasteiger partial charge < -0.3 is 20.4 Å². The third-order valence-electron chi connectivity index (χ3n) is 6.06. The van der Waals surface area contributed by atoms with E-state index in [1.807, 2.05) is 0 Å². The van der Waals surface area contributed by atoms with Crippen LogP contribution in [0, 0.1) is 5.92 Å². The van der Waals surface area contributed by atoms with E-state index in [2.05, 4.69) is 25.6 Å². The van der Waals surface area contributed by atoms with Crippen LogP contribution in [-0.4, -0.2) is 48.1 Å². The van der Waals surface area contributed by atoms with Gasteiger partial charge in [0.25, 0.3) is 12.3 Å². The first-order valence-corrected chi connectivity index (χ1v) is 12.9. The molecule has 1 aromatic carbocycles. The molecule has 0 spiro atoms. The SMILES string of the molecule is CS(=O)(=O)c1cc(C2CCCO2)ccc1Nc1cc(NC(=O)[C@@H]2CC2(F)F)nc2nc(C(F)F)[nH]c12. The number of H-pyrrole nitrogens is 1. The van der Waals surface area contributed by atoms with Crippen LogP contribution in [0.25, 0.3) is 11.2 Å². The minimum atomic E-state index is -3.74. The van der Waals surface area contributed by atoms with Gasteiger partial charge in [-0.1, -0.05) is 6.07 Å². The number of sulfone groups is 1. The van der Waals surface area contributed by atoms with E-state index in [9.17, 15) is 30.8 Å². The number of benzene rings is 1. The predicted octanol–water partition coefficient (Wildman–Crippen LogP) is 4.49. The monoisotopic (exact) mass is 527 g/mol. The molecule has 1 aliphatic carbocycles. The van der Waals surface area contributed by atoms with E-state index in [0.29, 0.717) is 12.2 Å². The van der Waals surface area contributed by atoms with Crippen LogP contribution in [0.4, 0.5) is 34.8 Å². The molecule has 5 rings (SSSR count). The standard InChI is InChI=1S/C22H21F4N5O4S/c1-36(33,34)15-7-10(14-3-2-6-35-14)4-5-12(15)27-13-8-16(29-21(32)11-9-22(11,25)26)28-19-17(13)30-20(31-19)18(23)24/h4-5,7-8,11,14,18H,2-3,6,9H2,1H3,(H3,27,28,29,30,31,32)/t11-,14?/m0/s1. The van der Waals surface area contributed by atoms with Crippen molar-refractivity contribution in [3.8, 4) is 0 Å². The molecule has 2 atom stereocenters. The Bertz CT molecular complexity index is 1450. The van der Waals surface area contributed by atoms with Crippen molar-refractivity contribution < 1.29 is 35.5 Å². The van der Waals surface area contributed by atoms with Crippen molar-refractivity contribution in [2.75, 3.05) is 23.5 Å². The van der Waals surface area contributed by atoms with Gasteiger partial charge in [0, 0.05) is 25.3 Å². The average molecular weight is 528 g/mol. The fourth-order valence-corrected chi connectivity index (χ4v) is 4.99. The van der Waals surface area contributed by atoms with E-state index >= 15 is 0 Å². The van der Waals surface area contributed by atoms with Crippen LogP contribution in [-0.2, 0) is 19.4 Å². The maximum Gasteiger partial charge on any atom is 0.295 e. The molecule has 1 saturated carbocycles. The summed E-state index contributed by atoms with van der Waals surface area (Å²) in [6.45, 7) is 0.571. The molecule has 0 radical (unpaired) electrons. The quantitative estimate of drug-likeness (QED) is 0.387. The van der Waals surface area contributed by atoms with Crippen LogP contribution in [0.3, 0.4) is 0 Å². The number of fused-ring (bicyclic) bond motifs is 1. The first-order chi connectivity index (χ1) is 16.9. The van der Waals surface area contributed by atoms with Gasteiger partial charge in [-0.15, -0.1) is 0 Å². The van der Waals surface area contributed by atoms with E-state index in [1.165, 1.54) is 18.2 Å². The molecular formula is C22H21F4N5O4S. The van der Waals surface area contributed by atoms with E-state index in [1.54, 1.807) is 6.07 Å². The van der Waals surface area contributed by atoms with E-state index in [-0.39, 0.29) is 39.4 Å². The van der Waals surface area contributed by atoms with Gasteiger partial charge in [0.05, 0.1) is 22.4 Å². The Labute approximate surface area is 202 Å². The number of halogens is 4. The maximum atomic E-state index is 13.3. The van der Waals surface area contributed by atoms with Crippen LogP contribution >= 0.6 is 0 Å². The van der Waals surface area contributed by atoms with Gasteiger partial charge in [-0.25, -0.2) is 35.9 Å². The van der Waals surface area contributed by atoms with Gasteiger partial charge in [-0.3, -0.25) is 4.79 Å². The number of carbonyl (C=O) groups excluding carboxylic acids is 1. The molecular weight excluding hydrogens is 506 g/mol. The highest BCUT2D eigenvalue weighted by atomic mass is 32.2. The molecule has 14 heteroatoms. The van der Waals surface area contributed by atoms with Gasteiger partial charge in [-0.05, 0) is 30.5 Å². The van der Waals surface area contributed by atoms with Crippen molar-refractivity contribution in [1.82, 2.24) is 15.0 Å². The average Bonchev–Trinajstić information content (AvgIpc) is 3.19. The molecule has 1 amide bonds. The van der Waals surface area contributed by atoms with Crippen LogP contribution < -0.4 is 10.6 Å². The molecule has 3 heterocycles. The summed E-state index contributed by atoms with van der Waals surface area (Å²) >= 11 is 0. The van der Waals surface area contributed by atoms with Crippen LogP contribution in [0.2, 0.25) is 0 Å². The van der Waals surface area contributed by atoms with Crippen molar-refractivity contribution >= 4 is 44.1 Å². The van der Waals surface area contributed by atoms with Crippen molar-refractivity contribution in [1.29, 1.82) is 0 Å². The molecule has 1 saturated heterocycles. The van der Waals surface area contributed by atoms with Crippen molar-refractivity contribution in [2.24, 2.45) is 5.92 Å². The summed E-state index contributed by atoms with van der Waals surface area (Å²) in [5.41, 5.74) is 0.670.